The van der Waals surface area contributed by atoms with Gasteiger partial charge < -0.3 is 19.7 Å². The van der Waals surface area contributed by atoms with Gasteiger partial charge in [-0.05, 0) is 54.5 Å². The number of hydrogen-bond acceptors (Lipinski definition) is 5. The van der Waals surface area contributed by atoms with Gasteiger partial charge in [0.2, 0.25) is 0 Å². The fourth-order valence-corrected chi connectivity index (χ4v) is 3.22. The minimum atomic E-state index is -0.340. The fraction of sp³-hybridized carbons (Fsp3) is 0.348. The van der Waals surface area contributed by atoms with Crippen LogP contribution in [-0.4, -0.2) is 54.7 Å². The lowest BCUT2D eigenvalue weighted by molar-refractivity contribution is 0.0303. The smallest absolute Gasteiger partial charge is 0.257 e. The van der Waals surface area contributed by atoms with Crippen molar-refractivity contribution in [1.29, 1.82) is 0 Å². The molecular formula is C23H27N3O4S. The number of carbonyl (C=O) groups is 2. The van der Waals surface area contributed by atoms with Crippen molar-refractivity contribution in [2.45, 2.75) is 13.8 Å². The Labute approximate surface area is 187 Å². The highest BCUT2D eigenvalue weighted by Crippen LogP contribution is 2.16. The van der Waals surface area contributed by atoms with E-state index in [1.807, 2.05) is 6.07 Å². The molecule has 164 valence electrons. The Balaban J connectivity index is 1.58. The summed E-state index contributed by atoms with van der Waals surface area (Å²) in [4.78, 5) is 27.0. The van der Waals surface area contributed by atoms with Gasteiger partial charge in [-0.2, -0.15) is 0 Å². The highest BCUT2D eigenvalue weighted by atomic mass is 32.1. The van der Waals surface area contributed by atoms with Crippen molar-refractivity contribution in [3.8, 4) is 5.75 Å². The van der Waals surface area contributed by atoms with E-state index in [2.05, 4.69) is 24.5 Å². The number of amides is 2. The molecule has 31 heavy (non-hydrogen) atoms. The molecule has 1 aliphatic heterocycles. The zero-order chi connectivity index (χ0) is 22.2. The van der Waals surface area contributed by atoms with Crippen LogP contribution in [0.15, 0.2) is 48.5 Å². The first-order valence-electron chi connectivity index (χ1n) is 10.2. The van der Waals surface area contributed by atoms with Crippen LogP contribution in [0.4, 0.5) is 5.69 Å². The molecule has 0 unspecified atom stereocenters. The monoisotopic (exact) mass is 441 g/mol. The maximum atomic E-state index is 12.7. The number of anilines is 1. The molecule has 2 aromatic carbocycles. The second-order valence-electron chi connectivity index (χ2n) is 7.63. The molecule has 0 atom stereocenters. The Kier molecular flexibility index (Phi) is 7.97. The zero-order valence-corrected chi connectivity index (χ0v) is 18.5. The van der Waals surface area contributed by atoms with E-state index in [-0.39, 0.29) is 16.9 Å². The molecule has 0 radical (unpaired) electrons. The summed E-state index contributed by atoms with van der Waals surface area (Å²) in [5.41, 5.74) is 1.62. The second kappa shape index (κ2) is 10.9. The molecule has 0 saturated carbocycles. The van der Waals surface area contributed by atoms with Crippen molar-refractivity contribution in [2.75, 3.05) is 38.2 Å². The van der Waals surface area contributed by atoms with Crippen LogP contribution >= 0.6 is 12.2 Å². The highest BCUT2D eigenvalue weighted by molar-refractivity contribution is 7.80. The average molecular weight is 442 g/mol. The molecule has 1 saturated heterocycles. The lowest BCUT2D eigenvalue weighted by Crippen LogP contribution is -2.40. The van der Waals surface area contributed by atoms with Gasteiger partial charge in [-0.1, -0.05) is 26.0 Å². The van der Waals surface area contributed by atoms with Gasteiger partial charge >= 0.3 is 0 Å². The first-order valence-corrected chi connectivity index (χ1v) is 10.7. The Bertz CT molecular complexity index is 942. The summed E-state index contributed by atoms with van der Waals surface area (Å²) in [6.45, 7) is 6.93. The SMILES string of the molecule is CC(C)COc1cccc(C(=O)NC(=S)Nc2cccc(C(=O)N3CCOCC3)c2)c1. The van der Waals surface area contributed by atoms with E-state index in [0.717, 1.165) is 0 Å². The summed E-state index contributed by atoms with van der Waals surface area (Å²) in [6, 6.07) is 14.0. The second-order valence-corrected chi connectivity index (χ2v) is 8.03. The molecule has 3 rings (SSSR count). The molecule has 8 heteroatoms. The van der Waals surface area contributed by atoms with Crippen LogP contribution < -0.4 is 15.4 Å². The maximum absolute atomic E-state index is 12.7. The van der Waals surface area contributed by atoms with Gasteiger partial charge in [0.1, 0.15) is 5.75 Å². The zero-order valence-electron chi connectivity index (χ0n) is 17.7. The van der Waals surface area contributed by atoms with Crippen LogP contribution in [0, 0.1) is 5.92 Å². The Morgan fingerprint density at radius 2 is 1.81 bits per heavy atom. The van der Waals surface area contributed by atoms with Gasteiger partial charge in [-0.15, -0.1) is 0 Å². The maximum Gasteiger partial charge on any atom is 0.257 e. The van der Waals surface area contributed by atoms with Crippen LogP contribution in [0.1, 0.15) is 34.6 Å². The van der Waals surface area contributed by atoms with Crippen molar-refractivity contribution in [3.63, 3.8) is 0 Å². The lowest BCUT2D eigenvalue weighted by Gasteiger charge is -2.27. The van der Waals surface area contributed by atoms with Gasteiger partial charge in [-0.3, -0.25) is 14.9 Å². The van der Waals surface area contributed by atoms with E-state index >= 15 is 0 Å². The number of benzene rings is 2. The summed E-state index contributed by atoms with van der Waals surface area (Å²) in [5.74, 6) is 0.628. The molecule has 1 heterocycles. The summed E-state index contributed by atoms with van der Waals surface area (Å²) in [6.07, 6.45) is 0. The number of morpholine rings is 1. The van der Waals surface area contributed by atoms with Crippen molar-refractivity contribution in [3.05, 3.63) is 59.7 Å². The van der Waals surface area contributed by atoms with Crippen LogP contribution in [0.2, 0.25) is 0 Å². The van der Waals surface area contributed by atoms with Crippen molar-refractivity contribution >= 4 is 34.8 Å². The van der Waals surface area contributed by atoms with Gasteiger partial charge in [0.05, 0.1) is 19.8 Å². The Morgan fingerprint density at radius 3 is 2.55 bits per heavy atom. The molecule has 0 aromatic heterocycles. The van der Waals surface area contributed by atoms with Gasteiger partial charge in [0.15, 0.2) is 5.11 Å². The first-order chi connectivity index (χ1) is 14.9. The molecule has 0 aliphatic carbocycles. The normalized spacial score (nSPS) is 13.6. The third-order valence-electron chi connectivity index (χ3n) is 4.57. The third kappa shape index (κ3) is 6.77. The Hall–Kier alpha value is -2.97. The van der Waals surface area contributed by atoms with Gasteiger partial charge in [-0.25, -0.2) is 0 Å². The van der Waals surface area contributed by atoms with E-state index in [4.69, 9.17) is 21.7 Å². The van der Waals surface area contributed by atoms with Crippen molar-refractivity contribution in [1.82, 2.24) is 10.2 Å². The minimum Gasteiger partial charge on any atom is -0.493 e. The summed E-state index contributed by atoms with van der Waals surface area (Å²) >= 11 is 5.28. The van der Waals surface area contributed by atoms with Crippen LogP contribution in [-0.2, 0) is 4.74 Å². The third-order valence-corrected chi connectivity index (χ3v) is 4.78. The van der Waals surface area contributed by atoms with Crippen LogP contribution in [0.25, 0.3) is 0 Å². The lowest BCUT2D eigenvalue weighted by atomic mass is 10.1. The van der Waals surface area contributed by atoms with E-state index in [0.29, 0.717) is 61.4 Å². The number of hydrogen-bond donors (Lipinski definition) is 2. The predicted octanol–water partition coefficient (Wildman–Crippen LogP) is 3.32. The Morgan fingerprint density at radius 1 is 1.10 bits per heavy atom. The molecule has 2 aromatic rings. The highest BCUT2D eigenvalue weighted by Gasteiger charge is 2.19. The minimum absolute atomic E-state index is 0.0554. The predicted molar refractivity (Wildman–Crippen MR) is 124 cm³/mol. The molecule has 0 bridgehead atoms. The van der Waals surface area contributed by atoms with Gasteiger partial charge in [0, 0.05) is 29.9 Å². The average Bonchev–Trinajstić information content (AvgIpc) is 2.78. The molecular weight excluding hydrogens is 414 g/mol. The summed E-state index contributed by atoms with van der Waals surface area (Å²) < 4.78 is 11.0. The number of rotatable bonds is 6. The van der Waals surface area contributed by atoms with E-state index in [9.17, 15) is 9.59 Å². The van der Waals surface area contributed by atoms with Crippen LogP contribution in [0.3, 0.4) is 0 Å². The molecule has 1 fully saturated rings. The first kappa shape index (κ1) is 22.7. The van der Waals surface area contributed by atoms with E-state index < -0.39 is 0 Å². The molecule has 2 N–H and O–H groups in total. The summed E-state index contributed by atoms with van der Waals surface area (Å²) in [7, 11) is 0. The topological polar surface area (TPSA) is 79.9 Å². The standard InChI is InChI=1S/C23H27N3O4S/c1-16(2)15-30-20-8-4-5-17(14-20)21(27)25-23(31)24-19-7-3-6-18(13-19)22(28)26-9-11-29-12-10-26/h3-8,13-14,16H,9-12,15H2,1-2H3,(H2,24,25,27,31). The van der Waals surface area contributed by atoms with Crippen LogP contribution in [0.5, 0.6) is 5.75 Å². The molecule has 1 aliphatic rings. The fourth-order valence-electron chi connectivity index (χ4n) is 3.01. The molecule has 2 amide bonds. The number of thiocarbonyl (C=S) groups is 1. The largest absolute Gasteiger partial charge is 0.493 e. The van der Waals surface area contributed by atoms with E-state index in [1.165, 1.54) is 0 Å². The molecule has 0 spiro atoms. The number of nitrogens with zero attached hydrogens (tertiary/aromatic N) is 1. The molecule has 7 nitrogen and oxygen atoms in total. The number of ether oxygens (including phenoxy) is 2. The van der Waals surface area contributed by atoms with Gasteiger partial charge in [0.25, 0.3) is 11.8 Å². The summed E-state index contributed by atoms with van der Waals surface area (Å²) in [5, 5.41) is 5.78. The number of carbonyl (C=O) groups excluding carboxylic acids is 2. The quantitative estimate of drug-likeness (QED) is 0.670. The number of nitrogens with one attached hydrogen (secondary N) is 2. The van der Waals surface area contributed by atoms with Crippen molar-refractivity contribution in [2.24, 2.45) is 5.92 Å². The van der Waals surface area contributed by atoms with Crippen molar-refractivity contribution < 1.29 is 19.1 Å². The van der Waals surface area contributed by atoms with E-state index in [1.54, 1.807) is 47.4 Å².